The lowest BCUT2D eigenvalue weighted by Gasteiger charge is -2.20. The second-order valence-electron chi connectivity index (χ2n) is 4.28. The summed E-state index contributed by atoms with van der Waals surface area (Å²) in [4.78, 5) is 34.7. The molecule has 106 valence electrons. The summed E-state index contributed by atoms with van der Waals surface area (Å²) >= 11 is 1.57. The molecule has 0 aliphatic carbocycles. The lowest BCUT2D eigenvalue weighted by Crippen LogP contribution is -2.34. The zero-order valence-electron chi connectivity index (χ0n) is 10.9. The van der Waals surface area contributed by atoms with Crippen molar-refractivity contribution in [3.05, 3.63) is 58.2 Å². The smallest absolute Gasteiger partial charge is 0.321 e. The first-order valence-electron chi connectivity index (χ1n) is 6.16. The van der Waals surface area contributed by atoms with Crippen molar-refractivity contribution in [1.82, 2.24) is 15.4 Å². The number of aromatic nitrogens is 1. The summed E-state index contributed by atoms with van der Waals surface area (Å²) in [5, 5.41) is 1.97. The molecule has 21 heavy (non-hydrogen) atoms. The molecule has 7 heteroatoms. The summed E-state index contributed by atoms with van der Waals surface area (Å²) in [7, 11) is 0. The molecule has 1 aliphatic heterocycles. The van der Waals surface area contributed by atoms with Crippen LogP contribution in [0.25, 0.3) is 6.08 Å². The van der Waals surface area contributed by atoms with Gasteiger partial charge >= 0.3 is 6.09 Å². The van der Waals surface area contributed by atoms with Crippen LogP contribution in [0.15, 0.2) is 42.2 Å². The molecule has 3 rings (SSSR count). The van der Waals surface area contributed by atoms with Crippen LogP contribution in [0.3, 0.4) is 0 Å². The Balaban J connectivity index is 1.57. The molecule has 2 amide bonds. The molecule has 0 radical (unpaired) electrons. The fourth-order valence-electron chi connectivity index (χ4n) is 1.84. The topological polar surface area (TPSA) is 71.5 Å². The summed E-state index contributed by atoms with van der Waals surface area (Å²) in [5.41, 5.74) is 3.53. The highest BCUT2D eigenvalue weighted by Gasteiger charge is 2.20. The van der Waals surface area contributed by atoms with Gasteiger partial charge in [-0.25, -0.2) is 4.79 Å². The Morgan fingerprint density at radius 2 is 2.29 bits per heavy atom. The van der Waals surface area contributed by atoms with E-state index in [1.807, 2.05) is 17.5 Å². The highest BCUT2D eigenvalue weighted by molar-refractivity contribution is 7.10. The van der Waals surface area contributed by atoms with Gasteiger partial charge in [0.15, 0.2) is 0 Å². The van der Waals surface area contributed by atoms with E-state index in [0.717, 1.165) is 10.4 Å². The molecule has 1 N–H and O–H groups in total. The lowest BCUT2D eigenvalue weighted by molar-refractivity contribution is 0.0468. The van der Waals surface area contributed by atoms with Crippen molar-refractivity contribution in [2.75, 3.05) is 0 Å². The summed E-state index contributed by atoms with van der Waals surface area (Å²) in [6, 6.07) is 5.20. The average molecular weight is 301 g/mol. The maximum Gasteiger partial charge on any atom is 0.438 e. The number of carbonyl (C=O) groups excluding carboxylic acids is 2. The molecule has 0 spiro atoms. The normalized spacial score (nSPS) is 12.7. The van der Waals surface area contributed by atoms with Gasteiger partial charge in [0.2, 0.25) is 0 Å². The van der Waals surface area contributed by atoms with Gasteiger partial charge in [-0.15, -0.1) is 11.3 Å². The van der Waals surface area contributed by atoms with Gasteiger partial charge in [-0.05, 0) is 35.2 Å². The fourth-order valence-corrected chi connectivity index (χ4v) is 2.70. The number of hydroxylamine groups is 1. The van der Waals surface area contributed by atoms with Crippen LogP contribution in [-0.2, 0) is 11.4 Å². The van der Waals surface area contributed by atoms with Gasteiger partial charge in [-0.1, -0.05) is 0 Å². The fraction of sp³-hybridized carbons (Fsp3) is 0.0714. The van der Waals surface area contributed by atoms with Crippen LogP contribution in [0, 0.1) is 0 Å². The molecular weight excluding hydrogens is 290 g/mol. The Labute approximate surface area is 124 Å². The van der Waals surface area contributed by atoms with Crippen LogP contribution in [0.5, 0.6) is 0 Å². The van der Waals surface area contributed by atoms with Gasteiger partial charge < -0.3 is 4.84 Å². The number of hydrogen-bond donors (Lipinski definition) is 1. The van der Waals surface area contributed by atoms with Crippen LogP contribution in [0.2, 0.25) is 0 Å². The van der Waals surface area contributed by atoms with Gasteiger partial charge in [-0.2, -0.15) is 5.48 Å². The largest absolute Gasteiger partial charge is 0.438 e. The number of hydrogen-bond acceptors (Lipinski definition) is 5. The first-order chi connectivity index (χ1) is 10.2. The second kappa shape index (κ2) is 5.76. The standard InChI is InChI=1S/C14H11N3O3S/c18-13(11-2-1-5-15-8-11)16-20-14(19)17-6-3-10-4-7-21-12(10)9-17/h1-8H,9H2,(H,16,18). The molecule has 1 aliphatic rings. The lowest BCUT2D eigenvalue weighted by atomic mass is 10.2. The number of thiophene rings is 1. The van der Waals surface area contributed by atoms with E-state index in [-0.39, 0.29) is 0 Å². The molecular formula is C14H11N3O3S. The van der Waals surface area contributed by atoms with Gasteiger partial charge in [0, 0.05) is 23.5 Å². The number of pyridine rings is 1. The quantitative estimate of drug-likeness (QED) is 0.821. The number of fused-ring (bicyclic) bond motifs is 1. The minimum absolute atomic E-state index is 0.319. The van der Waals surface area contributed by atoms with E-state index in [4.69, 9.17) is 4.84 Å². The number of nitrogens with zero attached hydrogens (tertiary/aromatic N) is 2. The number of amides is 2. The third kappa shape index (κ3) is 2.92. The number of rotatable bonds is 1. The maximum absolute atomic E-state index is 11.9. The highest BCUT2D eigenvalue weighted by Crippen LogP contribution is 2.24. The molecule has 2 aromatic heterocycles. The van der Waals surface area contributed by atoms with Gasteiger partial charge in [-0.3, -0.25) is 14.7 Å². The Kier molecular flexibility index (Phi) is 3.65. The second-order valence-corrected chi connectivity index (χ2v) is 5.28. The Morgan fingerprint density at radius 1 is 1.38 bits per heavy atom. The van der Waals surface area contributed by atoms with Crippen molar-refractivity contribution < 1.29 is 14.4 Å². The molecule has 0 aromatic carbocycles. The molecule has 0 atom stereocenters. The van der Waals surface area contributed by atoms with Crippen LogP contribution in [0.1, 0.15) is 20.8 Å². The summed E-state index contributed by atoms with van der Waals surface area (Å²) in [5.74, 6) is -0.519. The molecule has 3 heterocycles. The van der Waals surface area contributed by atoms with E-state index in [1.165, 1.54) is 11.1 Å². The van der Waals surface area contributed by atoms with Crippen LogP contribution >= 0.6 is 11.3 Å². The minimum atomic E-state index is -0.637. The van der Waals surface area contributed by atoms with Crippen LogP contribution in [-0.4, -0.2) is 21.9 Å². The van der Waals surface area contributed by atoms with Crippen LogP contribution < -0.4 is 5.48 Å². The Hall–Kier alpha value is -2.67. The van der Waals surface area contributed by atoms with E-state index in [2.05, 4.69) is 10.5 Å². The molecule has 0 unspecified atom stereocenters. The maximum atomic E-state index is 11.9. The minimum Gasteiger partial charge on any atom is -0.321 e. The van der Waals surface area contributed by atoms with Crippen molar-refractivity contribution >= 4 is 29.4 Å². The average Bonchev–Trinajstić information content (AvgIpc) is 3.00. The predicted molar refractivity (Wildman–Crippen MR) is 77.1 cm³/mol. The molecule has 0 saturated heterocycles. The van der Waals surface area contributed by atoms with E-state index in [0.29, 0.717) is 12.1 Å². The van der Waals surface area contributed by atoms with Crippen molar-refractivity contribution in [3.63, 3.8) is 0 Å². The zero-order valence-corrected chi connectivity index (χ0v) is 11.7. The third-order valence-electron chi connectivity index (χ3n) is 2.92. The summed E-state index contributed by atoms with van der Waals surface area (Å²) in [6.07, 6.45) is 5.78. The molecule has 2 aromatic rings. The molecule has 0 bridgehead atoms. The summed E-state index contributed by atoms with van der Waals surface area (Å²) in [6.45, 7) is 0.436. The van der Waals surface area contributed by atoms with E-state index in [1.54, 1.807) is 35.9 Å². The highest BCUT2D eigenvalue weighted by atomic mass is 32.1. The van der Waals surface area contributed by atoms with Crippen molar-refractivity contribution in [2.45, 2.75) is 6.54 Å². The molecule has 0 fully saturated rings. The number of nitrogens with one attached hydrogen (secondary N) is 1. The third-order valence-corrected chi connectivity index (χ3v) is 3.84. The Morgan fingerprint density at radius 3 is 3.10 bits per heavy atom. The molecule has 6 nitrogen and oxygen atoms in total. The zero-order chi connectivity index (χ0) is 14.7. The van der Waals surface area contributed by atoms with Gasteiger partial charge in [0.05, 0.1) is 12.1 Å². The van der Waals surface area contributed by atoms with Gasteiger partial charge in [0.25, 0.3) is 5.91 Å². The predicted octanol–water partition coefficient (Wildman–Crippen LogP) is 2.41. The van der Waals surface area contributed by atoms with Gasteiger partial charge in [0.1, 0.15) is 0 Å². The van der Waals surface area contributed by atoms with E-state index >= 15 is 0 Å². The van der Waals surface area contributed by atoms with Crippen molar-refractivity contribution in [2.24, 2.45) is 0 Å². The van der Waals surface area contributed by atoms with Crippen LogP contribution in [0.4, 0.5) is 4.79 Å². The first kappa shape index (κ1) is 13.3. The molecule has 0 saturated carbocycles. The Bertz CT molecular complexity index is 696. The first-order valence-corrected chi connectivity index (χ1v) is 7.04. The SMILES string of the molecule is O=C(NOC(=O)N1C=Cc2ccsc2C1)c1cccnc1. The monoisotopic (exact) mass is 301 g/mol. The van der Waals surface area contributed by atoms with Crippen molar-refractivity contribution in [1.29, 1.82) is 0 Å². The van der Waals surface area contributed by atoms with Crippen molar-refractivity contribution in [3.8, 4) is 0 Å². The van der Waals surface area contributed by atoms with E-state index in [9.17, 15) is 9.59 Å². The summed E-state index contributed by atoms with van der Waals surface area (Å²) < 4.78 is 0. The number of carbonyl (C=O) groups is 2. The van der Waals surface area contributed by atoms with E-state index < -0.39 is 12.0 Å².